The van der Waals surface area contributed by atoms with Crippen LogP contribution in [0.4, 0.5) is 0 Å². The van der Waals surface area contributed by atoms with Crippen molar-refractivity contribution in [2.75, 3.05) is 0 Å². The maximum Gasteiger partial charge on any atom is 0.303 e. The summed E-state index contributed by atoms with van der Waals surface area (Å²) in [6.07, 6.45) is 0.991. The summed E-state index contributed by atoms with van der Waals surface area (Å²) in [5, 5.41) is 0. The molecule has 158 valence electrons. The zero-order valence-electron chi connectivity index (χ0n) is 17.8. The lowest BCUT2D eigenvalue weighted by molar-refractivity contribution is -0.163. The van der Waals surface area contributed by atoms with Crippen LogP contribution in [0.3, 0.4) is 0 Å². The Morgan fingerprint density at radius 1 is 1.07 bits per heavy atom. The van der Waals surface area contributed by atoms with E-state index in [4.69, 9.17) is 18.9 Å². The average molecular weight is 396 g/mol. The molecule has 1 aliphatic carbocycles. The molecule has 1 heterocycles. The number of ether oxygens (including phenoxy) is 4. The summed E-state index contributed by atoms with van der Waals surface area (Å²) in [6, 6.07) is 0. The summed E-state index contributed by atoms with van der Waals surface area (Å²) in [6.45, 7) is 11.9. The molecule has 7 heteroatoms. The van der Waals surface area contributed by atoms with E-state index in [9.17, 15) is 14.4 Å². The summed E-state index contributed by atoms with van der Waals surface area (Å²) >= 11 is 0. The molecule has 0 aromatic carbocycles. The predicted octanol–water partition coefficient (Wildman–Crippen LogP) is 2.95. The molecule has 0 spiro atoms. The minimum absolute atomic E-state index is 0.0570. The van der Waals surface area contributed by atoms with Crippen molar-refractivity contribution < 1.29 is 33.3 Å². The lowest BCUT2D eigenvalue weighted by Crippen LogP contribution is -2.47. The quantitative estimate of drug-likeness (QED) is 0.312. The maximum atomic E-state index is 11.9. The minimum atomic E-state index is -0.770. The second-order valence-corrected chi connectivity index (χ2v) is 8.35. The molecule has 0 saturated carbocycles. The Hall–Kier alpha value is -1.89. The molecule has 6 atom stereocenters. The highest BCUT2D eigenvalue weighted by molar-refractivity contribution is 5.67. The van der Waals surface area contributed by atoms with Crippen LogP contribution < -0.4 is 0 Å². The van der Waals surface area contributed by atoms with Gasteiger partial charge in [0.1, 0.15) is 30.0 Å². The second kappa shape index (κ2) is 8.64. The highest BCUT2D eigenvalue weighted by Crippen LogP contribution is 2.49. The van der Waals surface area contributed by atoms with Gasteiger partial charge in [-0.15, -0.1) is 0 Å². The lowest BCUT2D eigenvalue weighted by atomic mass is 9.77. The number of hydrogen-bond donors (Lipinski definition) is 0. The fourth-order valence-electron chi connectivity index (χ4n) is 4.22. The second-order valence-electron chi connectivity index (χ2n) is 8.35. The largest absolute Gasteiger partial charge is 0.462 e. The zero-order valence-corrected chi connectivity index (χ0v) is 17.8. The fraction of sp³-hybridized carbons (Fsp3) is 0.762. The molecule has 1 aliphatic heterocycles. The van der Waals surface area contributed by atoms with Gasteiger partial charge < -0.3 is 18.9 Å². The van der Waals surface area contributed by atoms with Crippen LogP contribution in [-0.2, 0) is 33.3 Å². The topological polar surface area (TPSA) is 91.4 Å². The Labute approximate surface area is 166 Å². The van der Waals surface area contributed by atoms with Crippen LogP contribution in [0, 0.1) is 11.8 Å². The minimum Gasteiger partial charge on any atom is -0.462 e. The first-order valence-corrected chi connectivity index (χ1v) is 9.80. The summed E-state index contributed by atoms with van der Waals surface area (Å²) < 4.78 is 22.9. The Morgan fingerprint density at radius 2 is 1.64 bits per heavy atom. The molecular weight excluding hydrogens is 364 g/mol. The van der Waals surface area contributed by atoms with E-state index in [1.165, 1.54) is 20.8 Å². The number of carbonyl (C=O) groups excluding carboxylic acids is 3. The number of epoxide rings is 1. The smallest absolute Gasteiger partial charge is 0.303 e. The fourth-order valence-corrected chi connectivity index (χ4v) is 4.22. The van der Waals surface area contributed by atoms with Gasteiger partial charge in [-0.2, -0.15) is 0 Å². The maximum absolute atomic E-state index is 11.9. The molecule has 0 aromatic rings. The van der Waals surface area contributed by atoms with Gasteiger partial charge in [0.25, 0.3) is 0 Å². The molecule has 1 saturated heterocycles. The van der Waals surface area contributed by atoms with Crippen molar-refractivity contribution in [2.45, 2.75) is 91.3 Å². The van der Waals surface area contributed by atoms with E-state index >= 15 is 0 Å². The third kappa shape index (κ3) is 5.13. The Bertz CT molecular complexity index is 653. The van der Waals surface area contributed by atoms with Crippen molar-refractivity contribution in [3.8, 4) is 0 Å². The van der Waals surface area contributed by atoms with Crippen molar-refractivity contribution in [3.63, 3.8) is 0 Å². The van der Waals surface area contributed by atoms with Gasteiger partial charge >= 0.3 is 17.9 Å². The van der Waals surface area contributed by atoms with E-state index in [1.54, 1.807) is 0 Å². The zero-order chi connectivity index (χ0) is 21.2. The summed E-state index contributed by atoms with van der Waals surface area (Å²) in [4.78, 5) is 35.2. The van der Waals surface area contributed by atoms with Crippen LogP contribution >= 0.6 is 0 Å². The van der Waals surface area contributed by atoms with Gasteiger partial charge in [0.15, 0.2) is 0 Å². The van der Waals surface area contributed by atoms with Gasteiger partial charge in [-0.1, -0.05) is 25.5 Å². The molecule has 0 N–H and O–H groups in total. The first kappa shape index (κ1) is 22.4. The molecule has 2 aliphatic rings. The standard InChI is InChI=1S/C21H32O7/c1-11(2)18-16(25-13(4)22)10-12(3)8-9-17(26-14(5)23)21(7)20(28-21)19(18)27-15(6)24/h8,11,16-20H,9-10H2,1-7H3. The van der Waals surface area contributed by atoms with E-state index in [0.717, 1.165) is 5.57 Å². The number of rotatable bonds is 4. The van der Waals surface area contributed by atoms with Gasteiger partial charge in [-0.25, -0.2) is 0 Å². The number of fused-ring (bicyclic) bond motifs is 1. The first-order valence-electron chi connectivity index (χ1n) is 9.80. The molecule has 1 fully saturated rings. The van der Waals surface area contributed by atoms with Crippen LogP contribution in [0.1, 0.15) is 61.3 Å². The van der Waals surface area contributed by atoms with Crippen molar-refractivity contribution in [1.82, 2.24) is 0 Å². The Kier molecular flexibility index (Phi) is 6.91. The summed E-state index contributed by atoms with van der Waals surface area (Å²) in [5.74, 6) is -1.39. The molecule has 6 unspecified atom stereocenters. The van der Waals surface area contributed by atoms with E-state index in [-0.39, 0.29) is 23.8 Å². The van der Waals surface area contributed by atoms with Crippen molar-refractivity contribution >= 4 is 17.9 Å². The van der Waals surface area contributed by atoms with Crippen molar-refractivity contribution in [1.29, 1.82) is 0 Å². The SMILES string of the molecule is CC(=O)OC1CC(C)=CCC(OC(C)=O)C2(C)OC2C(OC(C)=O)C1C(C)C. The summed E-state index contributed by atoms with van der Waals surface area (Å²) in [7, 11) is 0. The van der Waals surface area contributed by atoms with Gasteiger partial charge in [-0.05, 0) is 19.8 Å². The predicted molar refractivity (Wildman–Crippen MR) is 101 cm³/mol. The normalized spacial score (nSPS) is 35.3. The third-order valence-corrected chi connectivity index (χ3v) is 5.54. The van der Waals surface area contributed by atoms with Gasteiger partial charge in [0.05, 0.1) is 0 Å². The van der Waals surface area contributed by atoms with Gasteiger partial charge in [0.2, 0.25) is 0 Å². The van der Waals surface area contributed by atoms with E-state index in [0.29, 0.717) is 12.8 Å². The number of esters is 3. The van der Waals surface area contributed by atoms with E-state index in [2.05, 4.69) is 0 Å². The first-order chi connectivity index (χ1) is 13.0. The molecule has 0 bridgehead atoms. The Balaban J connectivity index is 2.49. The molecule has 2 rings (SSSR count). The van der Waals surface area contributed by atoms with Gasteiger partial charge in [0, 0.05) is 39.5 Å². The van der Waals surface area contributed by atoms with Crippen LogP contribution in [0.2, 0.25) is 0 Å². The molecular formula is C21H32O7. The molecule has 0 radical (unpaired) electrons. The molecule has 28 heavy (non-hydrogen) atoms. The molecule has 7 nitrogen and oxygen atoms in total. The number of carbonyl (C=O) groups is 3. The summed E-state index contributed by atoms with van der Waals surface area (Å²) in [5.41, 5.74) is 0.242. The monoisotopic (exact) mass is 396 g/mol. The van der Waals surface area contributed by atoms with E-state index in [1.807, 2.05) is 33.8 Å². The van der Waals surface area contributed by atoms with Crippen molar-refractivity contribution in [3.05, 3.63) is 11.6 Å². The lowest BCUT2D eigenvalue weighted by Gasteiger charge is -2.36. The molecule has 0 aromatic heterocycles. The third-order valence-electron chi connectivity index (χ3n) is 5.54. The molecule has 0 amide bonds. The van der Waals surface area contributed by atoms with Crippen LogP contribution in [-0.4, -0.2) is 47.9 Å². The van der Waals surface area contributed by atoms with Crippen LogP contribution in [0.15, 0.2) is 11.6 Å². The van der Waals surface area contributed by atoms with Crippen LogP contribution in [0.25, 0.3) is 0 Å². The highest BCUT2D eigenvalue weighted by atomic mass is 16.7. The Morgan fingerprint density at radius 3 is 2.14 bits per heavy atom. The van der Waals surface area contributed by atoms with Crippen molar-refractivity contribution in [2.24, 2.45) is 11.8 Å². The average Bonchev–Trinajstić information content (AvgIpc) is 3.21. The van der Waals surface area contributed by atoms with Gasteiger partial charge in [-0.3, -0.25) is 14.4 Å². The highest BCUT2D eigenvalue weighted by Gasteiger charge is 2.65. The number of hydrogen-bond acceptors (Lipinski definition) is 7. The van der Waals surface area contributed by atoms with Crippen LogP contribution in [0.5, 0.6) is 0 Å². The van der Waals surface area contributed by atoms with E-state index < -0.39 is 36.0 Å².